The van der Waals surface area contributed by atoms with E-state index in [0.29, 0.717) is 5.82 Å². The molecule has 6 nitrogen and oxygen atoms in total. The zero-order chi connectivity index (χ0) is 16.4. The summed E-state index contributed by atoms with van der Waals surface area (Å²) in [5, 5.41) is 9.95. The summed E-state index contributed by atoms with van der Waals surface area (Å²) in [5.41, 5.74) is 3.19. The van der Waals surface area contributed by atoms with E-state index in [1.807, 2.05) is 38.1 Å². The number of anilines is 2. The largest absolute Gasteiger partial charge is 0.324 e. The SMILES string of the molecule is Cc1nn(C)c2c1C1(SC(C)C(=O)N2)C(=O)Nc2ccccc21. The number of nitrogens with zero attached hydrogens (tertiary/aromatic N) is 2. The van der Waals surface area contributed by atoms with Gasteiger partial charge in [-0.1, -0.05) is 18.2 Å². The molecule has 2 aliphatic heterocycles. The minimum Gasteiger partial charge on any atom is -0.324 e. The van der Waals surface area contributed by atoms with Crippen LogP contribution < -0.4 is 10.6 Å². The van der Waals surface area contributed by atoms with Crippen LogP contribution in [0.5, 0.6) is 0 Å². The number of amides is 2. The molecule has 7 heteroatoms. The van der Waals surface area contributed by atoms with Crippen LogP contribution in [0.25, 0.3) is 0 Å². The number of para-hydroxylation sites is 1. The minimum atomic E-state index is -0.956. The molecule has 2 amide bonds. The Labute approximate surface area is 137 Å². The van der Waals surface area contributed by atoms with Crippen LogP contribution in [0.1, 0.15) is 23.7 Å². The molecule has 0 bridgehead atoms. The van der Waals surface area contributed by atoms with Gasteiger partial charge in [0.05, 0.1) is 10.9 Å². The second-order valence-electron chi connectivity index (χ2n) is 5.86. The molecule has 0 radical (unpaired) electrons. The van der Waals surface area contributed by atoms with Crippen LogP contribution in [0.4, 0.5) is 11.5 Å². The van der Waals surface area contributed by atoms with Crippen LogP contribution in [-0.2, 0) is 21.4 Å². The van der Waals surface area contributed by atoms with Gasteiger partial charge < -0.3 is 10.6 Å². The Morgan fingerprint density at radius 3 is 2.78 bits per heavy atom. The molecule has 0 saturated carbocycles. The van der Waals surface area contributed by atoms with Crippen molar-refractivity contribution >= 4 is 35.1 Å². The predicted molar refractivity (Wildman–Crippen MR) is 89.5 cm³/mol. The number of benzene rings is 1. The molecule has 1 aromatic carbocycles. The number of thioether (sulfide) groups is 1. The lowest BCUT2D eigenvalue weighted by atomic mass is 9.91. The van der Waals surface area contributed by atoms with Crippen LogP contribution in [0.3, 0.4) is 0 Å². The first-order valence-corrected chi connectivity index (χ1v) is 8.27. The van der Waals surface area contributed by atoms with Gasteiger partial charge in [0.25, 0.3) is 0 Å². The normalized spacial score (nSPS) is 25.6. The van der Waals surface area contributed by atoms with Crippen LogP contribution in [-0.4, -0.2) is 26.8 Å². The van der Waals surface area contributed by atoms with Crippen molar-refractivity contribution in [2.24, 2.45) is 7.05 Å². The van der Waals surface area contributed by atoms with Crippen LogP contribution in [0.2, 0.25) is 0 Å². The smallest absolute Gasteiger partial charge is 0.250 e. The summed E-state index contributed by atoms with van der Waals surface area (Å²) in [4.78, 5) is 25.4. The maximum atomic E-state index is 13.0. The van der Waals surface area contributed by atoms with Gasteiger partial charge in [-0.15, -0.1) is 11.8 Å². The fraction of sp³-hybridized carbons (Fsp3) is 0.312. The van der Waals surface area contributed by atoms with Gasteiger partial charge in [0.15, 0.2) is 4.75 Å². The summed E-state index contributed by atoms with van der Waals surface area (Å²) in [5.74, 6) is 0.355. The third-order valence-corrected chi connectivity index (χ3v) is 5.94. The molecule has 118 valence electrons. The van der Waals surface area contributed by atoms with Crippen molar-refractivity contribution < 1.29 is 9.59 Å². The quantitative estimate of drug-likeness (QED) is 0.775. The molecule has 3 heterocycles. The Bertz CT molecular complexity index is 860. The first-order valence-electron chi connectivity index (χ1n) is 7.39. The average molecular weight is 328 g/mol. The summed E-state index contributed by atoms with van der Waals surface area (Å²) in [6, 6.07) is 7.64. The lowest BCUT2D eigenvalue weighted by Crippen LogP contribution is -2.34. The zero-order valence-electron chi connectivity index (χ0n) is 13.0. The van der Waals surface area contributed by atoms with E-state index >= 15 is 0 Å². The number of rotatable bonds is 0. The first kappa shape index (κ1) is 14.3. The van der Waals surface area contributed by atoms with Crippen LogP contribution >= 0.6 is 11.8 Å². The molecule has 2 unspecified atom stereocenters. The third kappa shape index (κ3) is 1.74. The molecule has 23 heavy (non-hydrogen) atoms. The van der Waals surface area contributed by atoms with Gasteiger partial charge in [0.2, 0.25) is 11.8 Å². The molecule has 2 N–H and O–H groups in total. The number of carbonyl (C=O) groups is 2. The van der Waals surface area contributed by atoms with Crippen molar-refractivity contribution in [3.05, 3.63) is 41.1 Å². The fourth-order valence-electron chi connectivity index (χ4n) is 3.42. The van der Waals surface area contributed by atoms with E-state index in [0.717, 1.165) is 22.5 Å². The van der Waals surface area contributed by atoms with E-state index in [-0.39, 0.29) is 17.1 Å². The molecule has 4 rings (SSSR count). The van der Waals surface area contributed by atoms with E-state index in [2.05, 4.69) is 15.7 Å². The van der Waals surface area contributed by atoms with E-state index in [9.17, 15) is 9.59 Å². The summed E-state index contributed by atoms with van der Waals surface area (Å²) in [7, 11) is 1.78. The van der Waals surface area contributed by atoms with Crippen molar-refractivity contribution in [2.75, 3.05) is 10.6 Å². The van der Waals surface area contributed by atoms with Gasteiger partial charge in [0, 0.05) is 23.9 Å². The van der Waals surface area contributed by atoms with Gasteiger partial charge in [-0.25, -0.2) is 0 Å². The zero-order valence-corrected chi connectivity index (χ0v) is 13.8. The fourth-order valence-corrected chi connectivity index (χ4v) is 4.94. The number of fused-ring (bicyclic) bond motifs is 4. The van der Waals surface area contributed by atoms with Gasteiger partial charge in [0.1, 0.15) is 5.82 Å². The minimum absolute atomic E-state index is 0.117. The predicted octanol–water partition coefficient (Wildman–Crippen LogP) is 2.00. The number of hydrogen-bond donors (Lipinski definition) is 2. The number of hydrogen-bond acceptors (Lipinski definition) is 4. The van der Waals surface area contributed by atoms with Crippen molar-refractivity contribution in [2.45, 2.75) is 23.8 Å². The third-order valence-electron chi connectivity index (χ3n) is 4.41. The Kier molecular flexibility index (Phi) is 2.87. The lowest BCUT2D eigenvalue weighted by Gasteiger charge is -2.27. The second kappa shape index (κ2) is 4.61. The highest BCUT2D eigenvalue weighted by atomic mass is 32.2. The maximum Gasteiger partial charge on any atom is 0.250 e. The summed E-state index contributed by atoms with van der Waals surface area (Å²) in [6.45, 7) is 3.70. The van der Waals surface area contributed by atoms with E-state index in [1.165, 1.54) is 11.8 Å². The molecule has 0 aliphatic carbocycles. The van der Waals surface area contributed by atoms with E-state index in [1.54, 1.807) is 11.7 Å². The Morgan fingerprint density at radius 1 is 1.26 bits per heavy atom. The van der Waals surface area contributed by atoms with Crippen LogP contribution in [0, 0.1) is 6.92 Å². The van der Waals surface area contributed by atoms with Gasteiger partial charge in [-0.2, -0.15) is 5.10 Å². The van der Waals surface area contributed by atoms with Crippen LogP contribution in [0.15, 0.2) is 24.3 Å². The molecule has 0 fully saturated rings. The standard InChI is InChI=1S/C16H16N4O2S/c1-8-12-13(20(3)19-8)18-14(21)9(2)23-16(12)10-6-4-5-7-11(10)17-15(16)22/h4-7,9H,1-3H3,(H,17,22)(H,18,21). The Hall–Kier alpha value is -2.28. The summed E-state index contributed by atoms with van der Waals surface area (Å²) >= 11 is 1.37. The molecule has 1 aromatic heterocycles. The molecule has 2 atom stereocenters. The maximum absolute atomic E-state index is 13.0. The summed E-state index contributed by atoms with van der Waals surface area (Å²) in [6.07, 6.45) is 0. The van der Waals surface area contributed by atoms with Crippen molar-refractivity contribution in [1.29, 1.82) is 0 Å². The molecular formula is C16H16N4O2S. The van der Waals surface area contributed by atoms with Gasteiger partial charge >= 0.3 is 0 Å². The number of aromatic nitrogens is 2. The van der Waals surface area contributed by atoms with E-state index in [4.69, 9.17) is 0 Å². The van der Waals surface area contributed by atoms with Crippen molar-refractivity contribution in [3.8, 4) is 0 Å². The summed E-state index contributed by atoms with van der Waals surface area (Å²) < 4.78 is 0.681. The first-order chi connectivity index (χ1) is 10.9. The highest BCUT2D eigenvalue weighted by molar-refractivity contribution is 8.02. The lowest BCUT2D eigenvalue weighted by molar-refractivity contribution is -0.117. The molecular weight excluding hydrogens is 312 g/mol. The molecule has 1 spiro atoms. The molecule has 2 aliphatic rings. The topological polar surface area (TPSA) is 76.0 Å². The monoisotopic (exact) mass is 328 g/mol. The highest BCUT2D eigenvalue weighted by Crippen LogP contribution is 2.55. The average Bonchev–Trinajstić information content (AvgIpc) is 2.89. The highest BCUT2D eigenvalue weighted by Gasteiger charge is 2.55. The number of carbonyl (C=O) groups excluding carboxylic acids is 2. The van der Waals surface area contributed by atoms with Gasteiger partial charge in [-0.3, -0.25) is 14.3 Å². The number of nitrogens with one attached hydrogen (secondary N) is 2. The van der Waals surface area contributed by atoms with Crippen molar-refractivity contribution in [3.63, 3.8) is 0 Å². The Morgan fingerprint density at radius 2 is 2.00 bits per heavy atom. The second-order valence-corrected chi connectivity index (χ2v) is 7.42. The number of aryl methyl sites for hydroxylation is 2. The molecule has 0 saturated heterocycles. The van der Waals surface area contributed by atoms with Crippen molar-refractivity contribution in [1.82, 2.24) is 9.78 Å². The molecule has 2 aromatic rings. The van der Waals surface area contributed by atoms with Gasteiger partial charge in [-0.05, 0) is 19.9 Å². The van der Waals surface area contributed by atoms with E-state index < -0.39 is 4.75 Å². The Balaban J connectivity index is 2.09.